The van der Waals surface area contributed by atoms with E-state index in [0.717, 1.165) is 0 Å². The first-order valence-electron chi connectivity index (χ1n) is 4.43. The monoisotopic (exact) mass is 210 g/mol. The Kier molecular flexibility index (Phi) is 9.67. The van der Waals surface area contributed by atoms with E-state index < -0.39 is 0 Å². The van der Waals surface area contributed by atoms with E-state index in [1.807, 2.05) is 0 Å². The number of hydrogen-bond acceptors (Lipinski definition) is 1. The molecule has 0 rings (SSSR count). The van der Waals surface area contributed by atoms with Crippen LogP contribution in [-0.2, 0) is 11.8 Å². The highest BCUT2D eigenvalue weighted by Crippen LogP contribution is 2.40. The van der Waals surface area contributed by atoms with Crippen LogP contribution in [0.25, 0.3) is 0 Å². The second kappa shape index (κ2) is 8.96. The van der Waals surface area contributed by atoms with Gasteiger partial charge in [0.2, 0.25) is 0 Å². The van der Waals surface area contributed by atoms with Crippen molar-refractivity contribution in [3.63, 3.8) is 0 Å². The van der Waals surface area contributed by atoms with Crippen molar-refractivity contribution in [3.8, 4) is 0 Å². The Morgan fingerprint density at radius 3 is 1.82 bits per heavy atom. The molecule has 0 aromatic carbocycles. The third-order valence-corrected chi connectivity index (χ3v) is 7.52. The van der Waals surface area contributed by atoms with Crippen molar-refractivity contribution in [2.75, 3.05) is 11.5 Å². The molecule has 0 saturated carbocycles. The number of rotatable bonds is 7. The quantitative estimate of drug-likeness (QED) is 0.491. The van der Waals surface area contributed by atoms with E-state index in [1.54, 1.807) is 0 Å². The molecule has 3 heteroatoms. The third-order valence-electron chi connectivity index (χ3n) is 1.66. The van der Waals surface area contributed by atoms with E-state index in [1.165, 1.54) is 43.7 Å². The zero-order valence-electron chi connectivity index (χ0n) is 7.55. The fourth-order valence-corrected chi connectivity index (χ4v) is 5.43. The van der Waals surface area contributed by atoms with Crippen molar-refractivity contribution in [2.45, 2.75) is 39.5 Å². The highest BCUT2D eigenvalue weighted by Gasteiger charge is 1.98. The second-order valence-electron chi connectivity index (χ2n) is 2.74. The summed E-state index contributed by atoms with van der Waals surface area (Å²) in [4.78, 5) is 0. The molecule has 0 nitrogen and oxygen atoms in total. The first kappa shape index (κ1) is 11.9. The fraction of sp³-hybridized carbons (Fsp3) is 1.00. The van der Waals surface area contributed by atoms with Gasteiger partial charge in [-0.1, -0.05) is 26.7 Å². The number of unbranched alkanes of at least 4 members (excludes halogenated alkanes) is 2. The first-order chi connectivity index (χ1) is 5.35. The van der Waals surface area contributed by atoms with Crippen LogP contribution in [0.3, 0.4) is 0 Å². The summed E-state index contributed by atoms with van der Waals surface area (Å²) in [7, 11) is 0.217. The van der Waals surface area contributed by atoms with Gasteiger partial charge >= 0.3 is 0 Å². The summed E-state index contributed by atoms with van der Waals surface area (Å²) in [6.07, 6.45) is 5.43. The average Bonchev–Trinajstić information content (AvgIpc) is 2.05. The van der Waals surface area contributed by atoms with Gasteiger partial charge in [-0.25, -0.2) is 0 Å². The van der Waals surface area contributed by atoms with E-state index in [9.17, 15) is 0 Å². The smallest absolute Gasteiger partial charge is 0.0208 e. The summed E-state index contributed by atoms with van der Waals surface area (Å²) in [5.41, 5.74) is 0. The molecule has 0 aliphatic heterocycles. The Bertz CT molecular complexity index is 88.1. The van der Waals surface area contributed by atoms with Gasteiger partial charge in [-0.3, -0.25) is 0 Å². The summed E-state index contributed by atoms with van der Waals surface area (Å²) in [6.45, 7) is 5.77. The SMILES string of the molecule is CCCC[SH](CCCC)P=S. The van der Waals surface area contributed by atoms with Crippen molar-refractivity contribution in [3.05, 3.63) is 0 Å². The molecule has 0 saturated heterocycles. The zero-order chi connectivity index (χ0) is 8.53. The van der Waals surface area contributed by atoms with Crippen LogP contribution in [0, 0.1) is 0 Å². The molecule has 0 fully saturated rings. The highest BCUT2D eigenvalue weighted by molar-refractivity contribution is 8.67. The average molecular weight is 210 g/mol. The van der Waals surface area contributed by atoms with Crippen molar-refractivity contribution in [1.29, 1.82) is 0 Å². The predicted molar refractivity (Wildman–Crippen MR) is 62.8 cm³/mol. The van der Waals surface area contributed by atoms with Crippen molar-refractivity contribution >= 4 is 28.9 Å². The maximum Gasteiger partial charge on any atom is 0.0208 e. The highest BCUT2D eigenvalue weighted by atomic mass is 32.9. The van der Waals surface area contributed by atoms with Crippen LogP contribution in [0.2, 0.25) is 0 Å². The van der Waals surface area contributed by atoms with Crippen LogP contribution < -0.4 is 0 Å². The molecule has 0 aliphatic rings. The molecule has 0 aliphatic carbocycles. The van der Waals surface area contributed by atoms with E-state index >= 15 is 0 Å². The minimum Gasteiger partial charge on any atom is -0.200 e. The molecule has 0 unspecified atom stereocenters. The Morgan fingerprint density at radius 1 is 1.09 bits per heavy atom. The molecule has 68 valence electrons. The van der Waals surface area contributed by atoms with Crippen LogP contribution in [0.5, 0.6) is 0 Å². The summed E-state index contributed by atoms with van der Waals surface area (Å²) in [6, 6.07) is 0. The van der Waals surface area contributed by atoms with E-state index in [-0.39, 0.29) is 10.5 Å². The molecule has 0 aromatic heterocycles. The van der Waals surface area contributed by atoms with Crippen molar-refractivity contribution in [1.82, 2.24) is 0 Å². The van der Waals surface area contributed by atoms with E-state index in [4.69, 9.17) is 11.8 Å². The van der Waals surface area contributed by atoms with Gasteiger partial charge in [0.25, 0.3) is 0 Å². The van der Waals surface area contributed by atoms with Gasteiger partial charge in [0.1, 0.15) is 0 Å². The Morgan fingerprint density at radius 2 is 1.55 bits per heavy atom. The van der Waals surface area contributed by atoms with Crippen LogP contribution in [0.1, 0.15) is 39.5 Å². The minimum atomic E-state index is 0.217. The van der Waals surface area contributed by atoms with Gasteiger partial charge in [-0.15, -0.1) is 0 Å². The third kappa shape index (κ3) is 7.24. The zero-order valence-corrected chi connectivity index (χ0v) is 10.2. The van der Waals surface area contributed by atoms with Gasteiger partial charge in [0, 0.05) is 6.56 Å². The normalized spacial score (nSPS) is 12.0. The molecule has 11 heavy (non-hydrogen) atoms. The predicted octanol–water partition coefficient (Wildman–Crippen LogP) is 3.91. The van der Waals surface area contributed by atoms with Gasteiger partial charge < -0.3 is 0 Å². The number of hydrogen-bond donors (Lipinski definition) is 1. The summed E-state index contributed by atoms with van der Waals surface area (Å²) in [5, 5.41) is 0. The van der Waals surface area contributed by atoms with Crippen molar-refractivity contribution < 1.29 is 0 Å². The van der Waals surface area contributed by atoms with Gasteiger partial charge in [-0.05, 0) is 36.2 Å². The molecule has 0 atom stereocenters. The summed E-state index contributed by atoms with van der Waals surface area (Å²) >= 11 is 5.10. The molecule has 0 bridgehead atoms. The lowest BCUT2D eigenvalue weighted by atomic mass is 10.4. The molecule has 0 N–H and O–H groups in total. The fourth-order valence-electron chi connectivity index (χ4n) is 0.875. The Labute approximate surface area is 80.1 Å². The largest absolute Gasteiger partial charge is 0.200 e. The second-order valence-corrected chi connectivity index (χ2v) is 8.47. The summed E-state index contributed by atoms with van der Waals surface area (Å²) < 4.78 is 0. The van der Waals surface area contributed by atoms with Gasteiger partial charge in [0.05, 0.1) is 0 Å². The van der Waals surface area contributed by atoms with Gasteiger partial charge in [-0.2, -0.15) is 10.5 Å². The molecule has 0 heterocycles. The Balaban J connectivity index is 3.33. The lowest BCUT2D eigenvalue weighted by molar-refractivity contribution is 0.878. The van der Waals surface area contributed by atoms with Crippen LogP contribution >= 0.6 is 17.1 Å². The first-order valence-corrected chi connectivity index (χ1v) is 8.75. The lowest BCUT2D eigenvalue weighted by Gasteiger charge is -2.13. The maximum absolute atomic E-state index is 5.10. The topological polar surface area (TPSA) is 0 Å². The maximum atomic E-state index is 5.10. The van der Waals surface area contributed by atoms with Crippen LogP contribution in [0.15, 0.2) is 0 Å². The van der Waals surface area contributed by atoms with E-state index in [0.29, 0.717) is 0 Å². The van der Waals surface area contributed by atoms with E-state index in [2.05, 4.69) is 13.8 Å². The van der Waals surface area contributed by atoms with Crippen molar-refractivity contribution in [2.24, 2.45) is 0 Å². The lowest BCUT2D eigenvalue weighted by Crippen LogP contribution is -1.88. The molecule has 0 spiro atoms. The molecule has 0 radical (unpaired) electrons. The standard InChI is InChI=1S/C8H19PS2/c1-3-5-7-11(9-10)8-6-4-2/h11H,3-8H2,1-2H3. The Hall–Kier alpha value is 0.870. The van der Waals surface area contributed by atoms with Crippen LogP contribution in [-0.4, -0.2) is 11.5 Å². The molecular formula is C8H19PS2. The van der Waals surface area contributed by atoms with Gasteiger partial charge in [0.15, 0.2) is 0 Å². The molecular weight excluding hydrogens is 191 g/mol. The number of thiol groups is 1. The van der Waals surface area contributed by atoms with Crippen LogP contribution in [0.4, 0.5) is 0 Å². The molecule has 0 aromatic rings. The summed E-state index contributed by atoms with van der Waals surface area (Å²) in [5.74, 6) is 2.83. The minimum absolute atomic E-state index is 0.217. The molecule has 0 amide bonds.